The Balaban J connectivity index is 1.86. The van der Waals surface area contributed by atoms with Crippen molar-refractivity contribution in [2.45, 2.75) is 13.5 Å². The summed E-state index contributed by atoms with van der Waals surface area (Å²) in [7, 11) is 1.71. The fourth-order valence-corrected chi connectivity index (χ4v) is 2.94. The van der Waals surface area contributed by atoms with E-state index < -0.39 is 0 Å². The normalized spacial score (nSPS) is 14.9. The fourth-order valence-electron chi connectivity index (χ4n) is 2.11. The number of nitrogen functional groups attached to an aromatic ring is 1. The number of nitrogens with one attached hydrogen (secondary N) is 3. The van der Waals surface area contributed by atoms with Crippen molar-refractivity contribution in [1.29, 1.82) is 5.26 Å². The second-order valence-corrected chi connectivity index (χ2v) is 6.24. The van der Waals surface area contributed by atoms with Crippen molar-refractivity contribution < 1.29 is 0 Å². The van der Waals surface area contributed by atoms with Gasteiger partial charge in [0.2, 0.25) is 11.9 Å². The number of thioether (sulfide) groups is 1. The van der Waals surface area contributed by atoms with E-state index in [-0.39, 0.29) is 0 Å². The molecule has 0 radical (unpaired) electrons. The van der Waals surface area contributed by atoms with E-state index >= 15 is 0 Å². The first kappa shape index (κ1) is 17.5. The number of hydrogen-bond acceptors (Lipinski definition) is 10. The number of rotatable bonds is 5. The van der Waals surface area contributed by atoms with Gasteiger partial charge in [0, 0.05) is 25.5 Å². The van der Waals surface area contributed by atoms with Gasteiger partial charge in [-0.05, 0) is 24.0 Å². The molecule has 1 aliphatic heterocycles. The van der Waals surface area contributed by atoms with E-state index in [2.05, 4.69) is 42.0 Å². The SMILES string of the molecule is CNc1nc(NCc2ccc(N)nc2)nc(/C(C#N)=C2/NC(C)=CS2)n1. The number of nitrogens with zero attached hydrogens (tertiary/aromatic N) is 5. The summed E-state index contributed by atoms with van der Waals surface area (Å²) in [6.45, 7) is 2.39. The molecule has 0 aromatic carbocycles. The van der Waals surface area contributed by atoms with Crippen LogP contribution in [0, 0.1) is 11.3 Å². The summed E-state index contributed by atoms with van der Waals surface area (Å²) in [6.07, 6.45) is 1.68. The zero-order valence-electron chi connectivity index (χ0n) is 14.2. The van der Waals surface area contributed by atoms with Crippen LogP contribution < -0.4 is 21.7 Å². The third-order valence-electron chi connectivity index (χ3n) is 3.38. The minimum atomic E-state index is 0.294. The molecule has 0 fully saturated rings. The summed E-state index contributed by atoms with van der Waals surface area (Å²) in [5.41, 5.74) is 7.85. The fraction of sp³-hybridized carbons (Fsp3) is 0.188. The van der Waals surface area contributed by atoms with Crippen LogP contribution in [0.1, 0.15) is 18.3 Å². The quantitative estimate of drug-likeness (QED) is 0.580. The van der Waals surface area contributed by atoms with Crippen molar-refractivity contribution in [3.8, 4) is 6.07 Å². The van der Waals surface area contributed by atoms with Crippen LogP contribution >= 0.6 is 11.8 Å². The van der Waals surface area contributed by atoms with Crippen molar-refractivity contribution in [2.24, 2.45) is 0 Å². The lowest BCUT2D eigenvalue weighted by Gasteiger charge is -2.10. The minimum Gasteiger partial charge on any atom is -0.384 e. The molecule has 0 spiro atoms. The van der Waals surface area contributed by atoms with Crippen LogP contribution in [0.4, 0.5) is 17.7 Å². The highest BCUT2D eigenvalue weighted by Gasteiger charge is 2.18. The zero-order chi connectivity index (χ0) is 18.5. The van der Waals surface area contributed by atoms with Crippen LogP contribution in [0.15, 0.2) is 34.5 Å². The van der Waals surface area contributed by atoms with Gasteiger partial charge in [-0.2, -0.15) is 20.2 Å². The highest BCUT2D eigenvalue weighted by atomic mass is 32.2. The third-order valence-corrected chi connectivity index (χ3v) is 4.40. The minimum absolute atomic E-state index is 0.294. The van der Waals surface area contributed by atoms with E-state index in [1.165, 1.54) is 11.8 Å². The highest BCUT2D eigenvalue weighted by Crippen LogP contribution is 2.30. The molecule has 0 atom stereocenters. The van der Waals surface area contributed by atoms with Crippen molar-refractivity contribution >= 4 is 35.0 Å². The molecule has 0 saturated heterocycles. The molecular weight excluding hydrogens is 350 g/mol. The van der Waals surface area contributed by atoms with E-state index in [0.29, 0.717) is 40.7 Å². The summed E-state index contributed by atoms with van der Waals surface area (Å²) in [6, 6.07) is 5.77. The Kier molecular flexibility index (Phi) is 5.19. The number of hydrogen-bond donors (Lipinski definition) is 4. The molecule has 2 aromatic heterocycles. The second-order valence-electron chi connectivity index (χ2n) is 5.36. The van der Waals surface area contributed by atoms with Crippen LogP contribution in [0.5, 0.6) is 0 Å². The maximum absolute atomic E-state index is 9.57. The second kappa shape index (κ2) is 7.71. The largest absolute Gasteiger partial charge is 0.384 e. The predicted octanol–water partition coefficient (Wildman–Crippen LogP) is 1.89. The summed E-state index contributed by atoms with van der Waals surface area (Å²) < 4.78 is 0. The lowest BCUT2D eigenvalue weighted by atomic mass is 10.3. The molecule has 0 bridgehead atoms. The Hall–Kier alpha value is -3.32. The molecule has 0 amide bonds. The Labute approximate surface area is 154 Å². The number of aromatic nitrogens is 4. The smallest absolute Gasteiger partial charge is 0.228 e. The van der Waals surface area contributed by atoms with Gasteiger partial charge in [0.25, 0.3) is 0 Å². The number of nitriles is 1. The first-order valence-corrected chi connectivity index (χ1v) is 8.60. The van der Waals surface area contributed by atoms with Crippen LogP contribution in [0.25, 0.3) is 5.57 Å². The van der Waals surface area contributed by atoms with Crippen molar-refractivity contribution in [3.63, 3.8) is 0 Å². The molecule has 1 aliphatic rings. The molecular formula is C16H17N9S. The predicted molar refractivity (Wildman–Crippen MR) is 102 cm³/mol. The molecule has 0 saturated carbocycles. The van der Waals surface area contributed by atoms with Gasteiger partial charge in [-0.15, -0.1) is 0 Å². The Morgan fingerprint density at radius 3 is 2.73 bits per heavy atom. The van der Waals surface area contributed by atoms with Crippen LogP contribution in [-0.2, 0) is 6.54 Å². The van der Waals surface area contributed by atoms with Gasteiger partial charge in [0.15, 0.2) is 5.82 Å². The van der Waals surface area contributed by atoms with Crippen LogP contribution in [0.2, 0.25) is 0 Å². The summed E-state index contributed by atoms with van der Waals surface area (Å²) >= 11 is 1.43. The summed E-state index contributed by atoms with van der Waals surface area (Å²) in [5, 5.41) is 21.4. The Bertz CT molecular complexity index is 912. The van der Waals surface area contributed by atoms with Gasteiger partial charge in [0.1, 0.15) is 17.5 Å². The maximum atomic E-state index is 9.57. The molecule has 3 rings (SSSR count). The Morgan fingerprint density at radius 1 is 1.31 bits per heavy atom. The molecule has 10 heteroatoms. The summed E-state index contributed by atoms with van der Waals surface area (Å²) in [4.78, 5) is 17.0. The van der Waals surface area contributed by atoms with Crippen molar-refractivity contribution in [1.82, 2.24) is 25.3 Å². The van der Waals surface area contributed by atoms with Crippen molar-refractivity contribution in [3.05, 3.63) is 45.9 Å². The molecule has 9 nitrogen and oxygen atoms in total. The first-order valence-electron chi connectivity index (χ1n) is 7.72. The van der Waals surface area contributed by atoms with Gasteiger partial charge >= 0.3 is 0 Å². The van der Waals surface area contributed by atoms with E-state index in [9.17, 15) is 5.26 Å². The highest BCUT2D eigenvalue weighted by molar-refractivity contribution is 8.06. The van der Waals surface area contributed by atoms with Crippen LogP contribution in [-0.4, -0.2) is 27.0 Å². The van der Waals surface area contributed by atoms with E-state index in [0.717, 1.165) is 11.3 Å². The van der Waals surface area contributed by atoms with Crippen molar-refractivity contribution in [2.75, 3.05) is 23.4 Å². The number of pyridine rings is 1. The van der Waals surface area contributed by atoms with Gasteiger partial charge in [-0.1, -0.05) is 17.8 Å². The van der Waals surface area contributed by atoms with E-state index in [4.69, 9.17) is 5.73 Å². The lowest BCUT2D eigenvalue weighted by Crippen LogP contribution is -2.11. The average molecular weight is 367 g/mol. The average Bonchev–Trinajstić information content (AvgIpc) is 3.07. The zero-order valence-corrected chi connectivity index (χ0v) is 15.1. The molecule has 5 N–H and O–H groups in total. The molecule has 0 aliphatic carbocycles. The summed E-state index contributed by atoms with van der Waals surface area (Å²) in [5.74, 6) is 1.48. The van der Waals surface area contributed by atoms with E-state index in [1.807, 2.05) is 18.4 Å². The van der Waals surface area contributed by atoms with Gasteiger partial charge in [0.05, 0.1) is 5.03 Å². The van der Waals surface area contributed by atoms with E-state index in [1.54, 1.807) is 19.3 Å². The molecule has 26 heavy (non-hydrogen) atoms. The monoisotopic (exact) mass is 367 g/mol. The Morgan fingerprint density at radius 2 is 2.12 bits per heavy atom. The topological polar surface area (TPSA) is 137 Å². The molecule has 132 valence electrons. The molecule has 3 heterocycles. The first-order chi connectivity index (χ1) is 12.6. The third kappa shape index (κ3) is 4.01. The van der Waals surface area contributed by atoms with Gasteiger partial charge < -0.3 is 21.7 Å². The van der Waals surface area contributed by atoms with Gasteiger partial charge in [-0.25, -0.2) is 4.98 Å². The standard InChI is InChI=1S/C16H17N9S/c1-9-8-26-14(22-9)11(5-17)13-23-15(19-2)25-16(24-13)21-7-10-3-4-12(18)20-6-10/h3-4,6,8,22H,7H2,1-2H3,(H2,18,20)(H2,19,21,23,24,25)/b14-11-. The number of allylic oxidation sites excluding steroid dienone is 2. The van der Waals surface area contributed by atoms with Gasteiger partial charge in [-0.3, -0.25) is 0 Å². The number of nitrogens with two attached hydrogens (primary N) is 1. The number of anilines is 3. The molecule has 0 unspecified atom stereocenters. The lowest BCUT2D eigenvalue weighted by molar-refractivity contribution is 0.977. The molecule has 2 aromatic rings. The van der Waals surface area contributed by atoms with Crippen LogP contribution in [0.3, 0.4) is 0 Å². The maximum Gasteiger partial charge on any atom is 0.228 e.